The van der Waals surface area contributed by atoms with Crippen LogP contribution in [-0.2, 0) is 110 Å². The third-order valence-corrected chi connectivity index (χ3v) is 14.7. The number of imidazole rings is 2. The van der Waals surface area contributed by atoms with Crippen LogP contribution < -0.4 is 20.2 Å². The van der Waals surface area contributed by atoms with Crippen LogP contribution in [0.15, 0.2) is 228 Å². The summed E-state index contributed by atoms with van der Waals surface area (Å²) in [6.45, 7) is 3.84. The van der Waals surface area contributed by atoms with E-state index in [-0.39, 0.29) is 84.3 Å². The number of hydrogen-bond acceptors (Lipinski definition) is 16. The number of allylic oxidation sites excluding steroid dienone is 4. The van der Waals surface area contributed by atoms with Crippen LogP contribution in [0.3, 0.4) is 0 Å². The molecule has 0 amide bonds. The molecule has 0 saturated heterocycles. The smallest absolute Gasteiger partial charge is 0.619 e. The average molecular weight is 2010 g/mol. The summed E-state index contributed by atoms with van der Waals surface area (Å²) in [5.41, 5.74) is 19.2. The molecule has 0 N–H and O–H groups in total. The first-order valence-electron chi connectivity index (χ1n) is 30.4. The quantitative estimate of drug-likeness (QED) is 0.0814. The van der Waals surface area contributed by atoms with E-state index < -0.39 is 0 Å². The summed E-state index contributed by atoms with van der Waals surface area (Å²) in [6.07, 6.45) is 35.2. The summed E-state index contributed by atoms with van der Waals surface area (Å²) in [5.74, 6) is 3.80. The standard InChI is InChI=1S/2C19H15N5.2C18H13N5.4Pt/c1-13-10-18(24-23-13)15-5-2-4-14(11-15)12-16-7-9-21-19(22-16)17-6-3-8-20-17;1-13-10-18(24-23-13)19-21-9-7-16(22-19)12-14-4-2-5-15(11-14)17-6-3-8-20-17;1-3-13(11-14(4-1)17-21-9-10-22-17)12-15-6-8-20-18(23-15)16-5-2-7-19-16;1-3-13(11-14(4-1)16-5-2-7-19-16)12-15-6-8-20-18(23-15)17-21-9-10-22-17;;;;/h2*2-5,7-10H,6,12H2,1H3;2*1-4,6-10H,5,12H2;;;;/q4*-2;4*+2. The minimum atomic E-state index is 0. The van der Waals surface area contributed by atoms with Crippen molar-refractivity contribution in [1.82, 2.24) is 80.2 Å². The Kier molecular flexibility index (Phi) is 26.8. The molecule has 0 aliphatic carbocycles. The van der Waals surface area contributed by atoms with Gasteiger partial charge in [-0.3, -0.25) is 9.98 Å². The molecular weight excluding hydrogens is 1950 g/mol. The van der Waals surface area contributed by atoms with Crippen molar-refractivity contribution in [2.24, 2.45) is 20.0 Å². The van der Waals surface area contributed by atoms with E-state index in [1.807, 2.05) is 148 Å². The van der Waals surface area contributed by atoms with Crippen molar-refractivity contribution < 1.29 is 84.3 Å². The van der Waals surface area contributed by atoms with E-state index in [1.54, 1.807) is 62.0 Å². The second-order valence-corrected chi connectivity index (χ2v) is 21.7. The van der Waals surface area contributed by atoms with Gasteiger partial charge in [0.05, 0.1) is 11.4 Å². The number of aliphatic imine (C=N–C) groups is 4. The first kappa shape index (κ1) is 72.7. The molecule has 16 rings (SSSR count). The molecule has 12 heterocycles. The zero-order valence-electron chi connectivity index (χ0n) is 52.5. The Hall–Kier alpha value is -9.57. The molecular formula is C74H56N20Pt4. The van der Waals surface area contributed by atoms with Crippen LogP contribution in [0.5, 0.6) is 0 Å². The summed E-state index contributed by atoms with van der Waals surface area (Å²) in [4.78, 5) is 69.5. The fraction of sp³-hybridized carbons (Fsp3) is 0.135. The molecule has 4 aliphatic rings. The topological polar surface area (TPSA) is 261 Å². The van der Waals surface area contributed by atoms with Gasteiger partial charge in [-0.1, -0.05) is 66.9 Å². The van der Waals surface area contributed by atoms with Gasteiger partial charge in [0.15, 0.2) is 17.5 Å². The van der Waals surface area contributed by atoms with Crippen molar-refractivity contribution in [1.29, 1.82) is 0 Å². The number of aryl methyl sites for hydroxylation is 2. The second-order valence-electron chi connectivity index (χ2n) is 21.7. The molecule has 0 unspecified atom stereocenters. The molecule has 4 aliphatic heterocycles. The van der Waals surface area contributed by atoms with Crippen LogP contribution in [0, 0.1) is 38.1 Å². The van der Waals surface area contributed by atoms with E-state index in [1.165, 1.54) is 0 Å². The minimum absolute atomic E-state index is 0. The average Bonchev–Trinajstić information content (AvgIpc) is 1.54. The van der Waals surface area contributed by atoms with Crippen molar-refractivity contribution in [3.63, 3.8) is 0 Å². The maximum absolute atomic E-state index is 4.63. The molecule has 12 aromatic rings. The summed E-state index contributed by atoms with van der Waals surface area (Å²) in [5, 5.41) is 16.3. The van der Waals surface area contributed by atoms with E-state index in [4.69, 9.17) is 0 Å². The fourth-order valence-corrected chi connectivity index (χ4v) is 10.2. The van der Waals surface area contributed by atoms with E-state index in [9.17, 15) is 0 Å². The molecule has 0 fully saturated rings. The normalized spacial score (nSPS) is 12.8. The first-order valence-corrected chi connectivity index (χ1v) is 30.4. The second kappa shape index (κ2) is 36.1. The van der Waals surface area contributed by atoms with Crippen LogP contribution in [-0.4, -0.2) is 82.9 Å². The zero-order valence-corrected chi connectivity index (χ0v) is 61.6. The number of nitrogens with zero attached hydrogens (tertiary/aromatic N) is 20. The summed E-state index contributed by atoms with van der Waals surface area (Å²) in [7, 11) is 0. The summed E-state index contributed by atoms with van der Waals surface area (Å²) in [6, 6.07) is 49.4. The van der Waals surface area contributed by atoms with Gasteiger partial charge >= 0.3 is 84.3 Å². The van der Waals surface area contributed by atoms with Crippen molar-refractivity contribution >= 4 is 22.8 Å². The molecule has 0 saturated carbocycles. The number of rotatable bonds is 16. The van der Waals surface area contributed by atoms with Gasteiger partial charge in [-0.05, 0) is 93.9 Å². The van der Waals surface area contributed by atoms with Gasteiger partial charge < -0.3 is 50.3 Å². The van der Waals surface area contributed by atoms with Gasteiger partial charge in [0.25, 0.3) is 0 Å². The number of hydrogen-bond donors (Lipinski definition) is 0. The van der Waals surface area contributed by atoms with E-state index in [0.29, 0.717) is 66.3 Å². The molecule has 0 spiro atoms. The monoisotopic (exact) mass is 2000 g/mol. The molecule has 8 aromatic heterocycles. The van der Waals surface area contributed by atoms with Crippen molar-refractivity contribution in [3.05, 3.63) is 311 Å². The summed E-state index contributed by atoms with van der Waals surface area (Å²) < 4.78 is 0. The summed E-state index contributed by atoms with van der Waals surface area (Å²) >= 11 is 0. The Labute approximate surface area is 624 Å². The van der Waals surface area contributed by atoms with E-state index >= 15 is 0 Å². The van der Waals surface area contributed by atoms with E-state index in [0.717, 1.165) is 133 Å². The van der Waals surface area contributed by atoms with Gasteiger partial charge in [0.1, 0.15) is 5.82 Å². The van der Waals surface area contributed by atoms with E-state index in [2.05, 4.69) is 137 Å². The number of aromatic nitrogens is 16. The van der Waals surface area contributed by atoms with Gasteiger partial charge in [-0.25, -0.2) is 45.6 Å². The van der Waals surface area contributed by atoms with Crippen molar-refractivity contribution in [2.75, 3.05) is 0 Å². The van der Waals surface area contributed by atoms with Gasteiger partial charge in [0.2, 0.25) is 0 Å². The number of benzene rings is 4. The molecule has 492 valence electrons. The predicted molar refractivity (Wildman–Crippen MR) is 357 cm³/mol. The molecule has 20 nitrogen and oxygen atoms in total. The maximum atomic E-state index is 4.63. The zero-order chi connectivity index (χ0) is 63.7. The molecule has 4 aromatic carbocycles. The van der Waals surface area contributed by atoms with Gasteiger partial charge in [-0.2, -0.15) is 11.1 Å². The molecule has 98 heavy (non-hydrogen) atoms. The minimum Gasteiger partial charge on any atom is -0.619 e. The largest absolute Gasteiger partial charge is 2.00 e. The Morgan fingerprint density at radius 1 is 0.347 bits per heavy atom. The molecule has 24 heteroatoms. The van der Waals surface area contributed by atoms with Crippen molar-refractivity contribution in [2.45, 2.75) is 65.2 Å². The van der Waals surface area contributed by atoms with Gasteiger partial charge in [-0.15, -0.1) is 136 Å². The Morgan fingerprint density at radius 2 is 0.704 bits per heavy atom. The third-order valence-electron chi connectivity index (χ3n) is 14.7. The van der Waals surface area contributed by atoms with Crippen LogP contribution in [0.4, 0.5) is 0 Å². The Bertz CT molecular complexity index is 4570. The Morgan fingerprint density at radius 3 is 1.11 bits per heavy atom. The molecule has 0 radical (unpaired) electrons. The third kappa shape index (κ3) is 19.8. The SMILES string of the molecule is Cc1cc(-c2[c-]c(Cc3ccnc(C4=NC=CC4)n3)ccc2)[n-]n1.Cc1cc(-c2nccc(Cc3[c-]c(C4=NC=CC4)ccc3)n2)[n-]n1.[Pt+2].[Pt+2].[Pt+2].[Pt+2].[c-]1c(Cc2ccnc(-c3ncc[n-]3)n2)cccc1C1=NC=CC1.[c-]1c(Cc2ccnc(C3=NC=CC3)n2)cccc1-c1ncc[n-]1. The Balaban J connectivity index is 0.000000151. The van der Waals surface area contributed by atoms with Crippen LogP contribution in [0.25, 0.3) is 45.8 Å². The maximum Gasteiger partial charge on any atom is 2.00 e. The molecule has 0 atom stereocenters. The fourth-order valence-electron chi connectivity index (χ4n) is 10.2. The molecule has 0 bridgehead atoms. The van der Waals surface area contributed by atoms with Crippen molar-refractivity contribution in [3.8, 4) is 45.8 Å². The predicted octanol–water partition coefficient (Wildman–Crippen LogP) is 11.0. The van der Waals surface area contributed by atoms with Gasteiger partial charge in [0, 0.05) is 96.6 Å². The van der Waals surface area contributed by atoms with Crippen LogP contribution in [0.2, 0.25) is 0 Å². The van der Waals surface area contributed by atoms with Crippen LogP contribution in [0.1, 0.15) is 105 Å². The first-order chi connectivity index (χ1) is 46.3. The van der Waals surface area contributed by atoms with Crippen LogP contribution >= 0.6 is 0 Å².